The zero-order chi connectivity index (χ0) is 12.5. The fourth-order valence-electron chi connectivity index (χ4n) is 1.82. The third-order valence-corrected chi connectivity index (χ3v) is 4.09. The van der Waals surface area contributed by atoms with E-state index in [0.717, 1.165) is 31.5 Å². The van der Waals surface area contributed by atoms with Crippen molar-refractivity contribution in [2.45, 2.75) is 41.8 Å². The molecule has 17 heavy (non-hydrogen) atoms. The van der Waals surface area contributed by atoms with E-state index in [9.17, 15) is 18.3 Å². The van der Waals surface area contributed by atoms with Gasteiger partial charge in [-0.15, -0.1) is 11.8 Å². The minimum Gasteiger partial charge on any atom is -0.392 e. The van der Waals surface area contributed by atoms with Gasteiger partial charge in [0.1, 0.15) is 0 Å². The van der Waals surface area contributed by atoms with E-state index in [1.165, 1.54) is 17.8 Å². The van der Waals surface area contributed by atoms with Crippen molar-refractivity contribution in [3.8, 4) is 0 Å². The van der Waals surface area contributed by atoms with E-state index in [4.69, 9.17) is 0 Å². The van der Waals surface area contributed by atoms with Crippen LogP contribution in [-0.4, -0.2) is 21.4 Å². The zero-order valence-electron chi connectivity index (χ0n) is 8.94. The number of thioether (sulfide) groups is 1. The van der Waals surface area contributed by atoms with Gasteiger partial charge in [-0.25, -0.2) is 4.98 Å². The fourth-order valence-corrected chi connectivity index (χ4v) is 2.96. The largest absolute Gasteiger partial charge is 0.417 e. The predicted molar refractivity (Wildman–Crippen MR) is 58.7 cm³/mol. The van der Waals surface area contributed by atoms with Crippen LogP contribution in [0.1, 0.15) is 24.8 Å². The molecule has 0 saturated heterocycles. The Labute approximate surface area is 101 Å². The first-order chi connectivity index (χ1) is 7.97. The molecule has 1 heterocycles. The quantitative estimate of drug-likeness (QED) is 0.890. The lowest BCUT2D eigenvalue weighted by Gasteiger charge is -2.13. The molecule has 1 N–H and O–H groups in total. The van der Waals surface area contributed by atoms with Gasteiger partial charge in [-0.3, -0.25) is 0 Å². The summed E-state index contributed by atoms with van der Waals surface area (Å²) >= 11 is 1.35. The minimum absolute atomic E-state index is 0.0548. The van der Waals surface area contributed by atoms with Crippen LogP contribution in [0.4, 0.5) is 13.2 Å². The highest BCUT2D eigenvalue weighted by molar-refractivity contribution is 7.99. The lowest BCUT2D eigenvalue weighted by atomic mass is 10.3. The summed E-state index contributed by atoms with van der Waals surface area (Å²) in [5.74, 6) is 0. The van der Waals surface area contributed by atoms with Crippen LogP contribution in [-0.2, 0) is 6.18 Å². The molecular weight excluding hydrogens is 251 g/mol. The second-order valence-corrected chi connectivity index (χ2v) is 5.30. The van der Waals surface area contributed by atoms with Crippen LogP contribution >= 0.6 is 11.8 Å². The maximum atomic E-state index is 12.3. The molecule has 0 radical (unpaired) electrons. The summed E-state index contributed by atoms with van der Waals surface area (Å²) in [5.41, 5.74) is -0.742. The standard InChI is InChI=1S/C11H12F3NOS/c12-11(13,14)7-4-5-10(15-6-7)17-9-3-1-2-8(9)16/h4-6,8-9,16H,1-3H2/t8-,9-/m0/s1. The summed E-state index contributed by atoms with van der Waals surface area (Å²) in [5, 5.41) is 10.2. The number of pyridine rings is 1. The normalized spacial score (nSPS) is 25.2. The second-order valence-electron chi connectivity index (χ2n) is 4.04. The van der Waals surface area contributed by atoms with Gasteiger partial charge in [-0.1, -0.05) is 0 Å². The van der Waals surface area contributed by atoms with E-state index in [1.54, 1.807) is 0 Å². The van der Waals surface area contributed by atoms with E-state index < -0.39 is 11.7 Å². The van der Waals surface area contributed by atoms with Crippen LogP contribution in [0.5, 0.6) is 0 Å². The fraction of sp³-hybridized carbons (Fsp3) is 0.545. The number of aliphatic hydroxyl groups excluding tert-OH is 1. The molecule has 94 valence electrons. The number of hydrogen-bond donors (Lipinski definition) is 1. The van der Waals surface area contributed by atoms with Crippen molar-refractivity contribution >= 4 is 11.8 Å². The molecule has 1 fully saturated rings. The van der Waals surface area contributed by atoms with E-state index >= 15 is 0 Å². The minimum atomic E-state index is -4.34. The Morgan fingerprint density at radius 3 is 2.53 bits per heavy atom. The van der Waals surface area contributed by atoms with Crippen molar-refractivity contribution in [2.24, 2.45) is 0 Å². The Hall–Kier alpha value is -0.750. The van der Waals surface area contributed by atoms with Crippen molar-refractivity contribution < 1.29 is 18.3 Å². The molecule has 0 amide bonds. The van der Waals surface area contributed by atoms with E-state index in [-0.39, 0.29) is 11.4 Å². The number of hydrogen-bond acceptors (Lipinski definition) is 3. The zero-order valence-corrected chi connectivity index (χ0v) is 9.76. The molecule has 0 aliphatic heterocycles. The molecule has 1 aliphatic carbocycles. The van der Waals surface area contributed by atoms with E-state index in [2.05, 4.69) is 4.98 Å². The molecule has 0 spiro atoms. The van der Waals surface area contributed by atoms with Gasteiger partial charge >= 0.3 is 6.18 Å². The molecule has 0 unspecified atom stereocenters. The van der Waals surface area contributed by atoms with Gasteiger partial charge in [0.05, 0.1) is 16.7 Å². The van der Waals surface area contributed by atoms with Gasteiger partial charge in [0.25, 0.3) is 0 Å². The number of halogens is 3. The van der Waals surface area contributed by atoms with Crippen LogP contribution in [0.25, 0.3) is 0 Å². The van der Waals surface area contributed by atoms with E-state index in [0.29, 0.717) is 5.03 Å². The average molecular weight is 263 g/mol. The van der Waals surface area contributed by atoms with Gasteiger partial charge < -0.3 is 5.11 Å². The summed E-state index contributed by atoms with van der Waals surface area (Å²) in [6.45, 7) is 0. The van der Waals surface area contributed by atoms with Gasteiger partial charge in [0, 0.05) is 11.4 Å². The summed E-state index contributed by atoms with van der Waals surface area (Å²) in [6, 6.07) is 2.38. The lowest BCUT2D eigenvalue weighted by molar-refractivity contribution is -0.137. The van der Waals surface area contributed by atoms with Crippen LogP contribution in [0, 0.1) is 0 Å². The highest BCUT2D eigenvalue weighted by Crippen LogP contribution is 2.35. The molecule has 6 heteroatoms. The third kappa shape index (κ3) is 3.13. The number of rotatable bonds is 2. The van der Waals surface area contributed by atoms with Crippen molar-refractivity contribution in [3.05, 3.63) is 23.9 Å². The van der Waals surface area contributed by atoms with E-state index in [1.807, 2.05) is 0 Å². The number of nitrogens with zero attached hydrogens (tertiary/aromatic N) is 1. The van der Waals surface area contributed by atoms with Crippen molar-refractivity contribution in [2.75, 3.05) is 0 Å². The monoisotopic (exact) mass is 263 g/mol. The summed E-state index contributed by atoms with van der Waals surface area (Å²) in [4.78, 5) is 3.77. The van der Waals surface area contributed by atoms with Crippen molar-refractivity contribution in [1.82, 2.24) is 4.98 Å². The molecule has 1 saturated carbocycles. The van der Waals surface area contributed by atoms with Gasteiger partial charge in [0.15, 0.2) is 0 Å². The summed E-state index contributed by atoms with van der Waals surface area (Å²) in [6.07, 6.45) is -1.27. The second kappa shape index (κ2) is 4.86. The molecule has 2 rings (SSSR count). The van der Waals surface area contributed by atoms with Crippen LogP contribution < -0.4 is 0 Å². The van der Waals surface area contributed by atoms with Crippen LogP contribution in [0.2, 0.25) is 0 Å². The molecule has 0 bridgehead atoms. The van der Waals surface area contributed by atoms with Gasteiger partial charge in [0.2, 0.25) is 0 Å². The predicted octanol–water partition coefficient (Wildman–Crippen LogP) is 3.11. The lowest BCUT2D eigenvalue weighted by Crippen LogP contribution is -2.15. The van der Waals surface area contributed by atoms with Crippen molar-refractivity contribution in [3.63, 3.8) is 0 Å². The Morgan fingerprint density at radius 1 is 1.29 bits per heavy atom. The highest BCUT2D eigenvalue weighted by Gasteiger charge is 2.31. The summed E-state index contributed by atoms with van der Waals surface area (Å²) < 4.78 is 36.9. The topological polar surface area (TPSA) is 33.1 Å². The maximum Gasteiger partial charge on any atom is 0.417 e. The highest BCUT2D eigenvalue weighted by atomic mass is 32.2. The van der Waals surface area contributed by atoms with Crippen LogP contribution in [0.15, 0.2) is 23.4 Å². The molecule has 1 aromatic heterocycles. The SMILES string of the molecule is O[C@H]1CCC[C@@H]1Sc1ccc(C(F)(F)F)cn1. The first-order valence-corrected chi connectivity index (χ1v) is 6.23. The first-order valence-electron chi connectivity index (χ1n) is 5.35. The number of aromatic nitrogens is 1. The molecule has 1 aliphatic rings. The van der Waals surface area contributed by atoms with Crippen molar-refractivity contribution in [1.29, 1.82) is 0 Å². The molecule has 0 aromatic carbocycles. The van der Waals surface area contributed by atoms with Crippen LogP contribution in [0.3, 0.4) is 0 Å². The Morgan fingerprint density at radius 2 is 2.06 bits per heavy atom. The number of aliphatic hydroxyl groups is 1. The summed E-state index contributed by atoms with van der Waals surface area (Å²) in [7, 11) is 0. The maximum absolute atomic E-state index is 12.3. The molecular formula is C11H12F3NOS. The Balaban J connectivity index is 2.03. The molecule has 2 nitrogen and oxygen atoms in total. The van der Waals surface area contributed by atoms with Gasteiger partial charge in [-0.2, -0.15) is 13.2 Å². The Bertz CT molecular complexity index is 379. The molecule has 1 aromatic rings. The van der Waals surface area contributed by atoms with Gasteiger partial charge in [-0.05, 0) is 31.4 Å². The smallest absolute Gasteiger partial charge is 0.392 e. The number of alkyl halides is 3. The Kier molecular flexibility index (Phi) is 3.63. The average Bonchev–Trinajstić information content (AvgIpc) is 2.64. The first kappa shape index (κ1) is 12.7. The molecule has 2 atom stereocenters. The third-order valence-electron chi connectivity index (χ3n) is 2.75.